The van der Waals surface area contributed by atoms with Gasteiger partial charge in [0, 0.05) is 12.4 Å². The SMILES string of the molecule is [CH](Cc1cccnc1)c1ccccc1-c1ccccc1. The van der Waals surface area contributed by atoms with Crippen LogP contribution < -0.4 is 0 Å². The van der Waals surface area contributed by atoms with Crippen LogP contribution in [0, 0.1) is 6.42 Å². The van der Waals surface area contributed by atoms with Gasteiger partial charge in [0.25, 0.3) is 0 Å². The van der Waals surface area contributed by atoms with Gasteiger partial charge in [-0.1, -0.05) is 60.7 Å². The van der Waals surface area contributed by atoms with Crippen LogP contribution in [0.3, 0.4) is 0 Å². The molecule has 0 amide bonds. The maximum atomic E-state index is 4.16. The van der Waals surface area contributed by atoms with Crippen LogP contribution in [0.15, 0.2) is 79.1 Å². The minimum Gasteiger partial charge on any atom is -0.264 e. The zero-order chi connectivity index (χ0) is 13.6. The Morgan fingerprint density at radius 1 is 0.800 bits per heavy atom. The lowest BCUT2D eigenvalue weighted by Crippen LogP contribution is -1.92. The second-order valence-electron chi connectivity index (χ2n) is 4.72. The van der Waals surface area contributed by atoms with E-state index in [9.17, 15) is 0 Å². The minimum atomic E-state index is 0.900. The molecule has 1 aromatic heterocycles. The smallest absolute Gasteiger partial charge is 0.0300 e. The molecular formula is C19H16N. The molecular weight excluding hydrogens is 242 g/mol. The normalized spacial score (nSPS) is 10.4. The lowest BCUT2D eigenvalue weighted by Gasteiger charge is -2.09. The maximum Gasteiger partial charge on any atom is 0.0300 e. The van der Waals surface area contributed by atoms with Crippen LogP contribution in [0.2, 0.25) is 0 Å². The summed E-state index contributed by atoms with van der Waals surface area (Å²) in [6, 6.07) is 23.1. The fourth-order valence-electron chi connectivity index (χ4n) is 2.30. The van der Waals surface area contributed by atoms with Crippen LogP contribution in [-0.2, 0) is 6.42 Å². The average molecular weight is 258 g/mol. The fourth-order valence-corrected chi connectivity index (χ4v) is 2.30. The number of hydrogen-bond donors (Lipinski definition) is 0. The first-order chi connectivity index (χ1) is 9.93. The number of nitrogens with zero attached hydrogens (tertiary/aromatic N) is 1. The number of aromatic nitrogens is 1. The third-order valence-corrected chi connectivity index (χ3v) is 3.33. The minimum absolute atomic E-state index is 0.900. The van der Waals surface area contributed by atoms with Crippen molar-refractivity contribution in [3.05, 3.63) is 96.7 Å². The summed E-state index contributed by atoms with van der Waals surface area (Å²) in [5, 5.41) is 0. The molecule has 0 unspecified atom stereocenters. The Balaban J connectivity index is 1.84. The zero-order valence-corrected chi connectivity index (χ0v) is 11.2. The molecule has 2 aromatic carbocycles. The summed E-state index contributed by atoms with van der Waals surface area (Å²) in [4.78, 5) is 4.16. The van der Waals surface area contributed by atoms with E-state index in [1.54, 1.807) is 6.20 Å². The molecule has 0 atom stereocenters. The Kier molecular flexibility index (Phi) is 3.88. The molecule has 0 fully saturated rings. The molecule has 0 aliphatic carbocycles. The lowest BCUT2D eigenvalue weighted by molar-refractivity contribution is 1.13. The van der Waals surface area contributed by atoms with Gasteiger partial charge in [-0.2, -0.15) is 0 Å². The first kappa shape index (κ1) is 12.6. The molecule has 0 spiro atoms. The number of pyridine rings is 1. The summed E-state index contributed by atoms with van der Waals surface area (Å²) in [6.07, 6.45) is 6.89. The Hall–Kier alpha value is -2.41. The molecule has 0 saturated heterocycles. The van der Waals surface area contributed by atoms with E-state index >= 15 is 0 Å². The van der Waals surface area contributed by atoms with E-state index in [0.29, 0.717) is 0 Å². The monoisotopic (exact) mass is 258 g/mol. The van der Waals surface area contributed by atoms with Gasteiger partial charge in [0.1, 0.15) is 0 Å². The van der Waals surface area contributed by atoms with E-state index in [4.69, 9.17) is 0 Å². The van der Waals surface area contributed by atoms with Gasteiger partial charge in [0.15, 0.2) is 0 Å². The number of hydrogen-bond acceptors (Lipinski definition) is 1. The largest absolute Gasteiger partial charge is 0.264 e. The molecule has 0 N–H and O–H groups in total. The molecule has 1 heterocycles. The Morgan fingerprint density at radius 3 is 2.40 bits per heavy atom. The molecule has 0 saturated carbocycles. The fraction of sp³-hybridized carbons (Fsp3) is 0.0526. The Bertz CT molecular complexity index is 660. The predicted molar refractivity (Wildman–Crippen MR) is 83.2 cm³/mol. The second-order valence-corrected chi connectivity index (χ2v) is 4.72. The van der Waals surface area contributed by atoms with Crippen molar-refractivity contribution in [1.29, 1.82) is 0 Å². The van der Waals surface area contributed by atoms with Crippen LogP contribution in [-0.4, -0.2) is 4.98 Å². The third-order valence-electron chi connectivity index (χ3n) is 3.33. The van der Waals surface area contributed by atoms with Crippen molar-refractivity contribution >= 4 is 0 Å². The Labute approximate surface area is 119 Å². The van der Waals surface area contributed by atoms with E-state index < -0.39 is 0 Å². The summed E-state index contributed by atoms with van der Waals surface area (Å²) >= 11 is 0. The van der Waals surface area contributed by atoms with Crippen LogP contribution in [0.25, 0.3) is 11.1 Å². The quantitative estimate of drug-likeness (QED) is 0.669. The van der Waals surface area contributed by atoms with Gasteiger partial charge in [0.05, 0.1) is 0 Å². The van der Waals surface area contributed by atoms with Gasteiger partial charge in [-0.05, 0) is 41.2 Å². The molecule has 3 aromatic rings. The lowest BCUT2D eigenvalue weighted by atomic mass is 9.95. The van der Waals surface area contributed by atoms with Crippen molar-refractivity contribution in [3.63, 3.8) is 0 Å². The molecule has 1 heteroatoms. The van der Waals surface area contributed by atoms with Crippen molar-refractivity contribution in [2.24, 2.45) is 0 Å². The van der Waals surface area contributed by atoms with Crippen molar-refractivity contribution < 1.29 is 0 Å². The molecule has 20 heavy (non-hydrogen) atoms. The first-order valence-corrected chi connectivity index (χ1v) is 6.80. The van der Waals surface area contributed by atoms with Gasteiger partial charge in [-0.3, -0.25) is 4.98 Å². The second kappa shape index (κ2) is 6.16. The highest BCUT2D eigenvalue weighted by Gasteiger charge is 2.04. The summed E-state index contributed by atoms with van der Waals surface area (Å²) < 4.78 is 0. The van der Waals surface area contributed by atoms with Crippen molar-refractivity contribution in [2.45, 2.75) is 6.42 Å². The van der Waals surface area contributed by atoms with Crippen LogP contribution in [0.1, 0.15) is 11.1 Å². The van der Waals surface area contributed by atoms with Crippen molar-refractivity contribution in [3.8, 4) is 11.1 Å². The standard InChI is InChI=1S/C19H16N/c1-2-8-17(9-3-1)19-11-5-4-10-18(19)13-12-16-7-6-14-20-15-16/h1-11,13-15H,12H2. The molecule has 3 rings (SSSR count). The summed E-state index contributed by atoms with van der Waals surface area (Å²) in [5.41, 5.74) is 5.03. The van der Waals surface area contributed by atoms with Crippen molar-refractivity contribution in [2.75, 3.05) is 0 Å². The highest BCUT2D eigenvalue weighted by atomic mass is 14.6. The van der Waals surface area contributed by atoms with Crippen molar-refractivity contribution in [1.82, 2.24) is 4.98 Å². The third kappa shape index (κ3) is 2.94. The summed E-state index contributed by atoms with van der Waals surface area (Å²) in [7, 11) is 0. The topological polar surface area (TPSA) is 12.9 Å². The van der Waals surface area contributed by atoms with Crippen LogP contribution in [0.4, 0.5) is 0 Å². The zero-order valence-electron chi connectivity index (χ0n) is 11.2. The van der Waals surface area contributed by atoms with E-state index in [-0.39, 0.29) is 0 Å². The summed E-state index contributed by atoms with van der Waals surface area (Å²) in [5.74, 6) is 0. The van der Waals surface area contributed by atoms with Gasteiger partial charge in [-0.25, -0.2) is 0 Å². The highest BCUT2D eigenvalue weighted by Crippen LogP contribution is 2.25. The van der Waals surface area contributed by atoms with Crippen LogP contribution >= 0.6 is 0 Å². The molecule has 0 bridgehead atoms. The molecule has 1 nitrogen and oxygen atoms in total. The number of rotatable bonds is 4. The molecule has 97 valence electrons. The van der Waals surface area contributed by atoms with Gasteiger partial charge in [0.2, 0.25) is 0 Å². The molecule has 1 radical (unpaired) electrons. The Morgan fingerprint density at radius 2 is 1.60 bits per heavy atom. The first-order valence-electron chi connectivity index (χ1n) is 6.80. The van der Waals surface area contributed by atoms with Crippen LogP contribution in [0.5, 0.6) is 0 Å². The molecule has 0 aliphatic rings. The van der Waals surface area contributed by atoms with E-state index in [2.05, 4.69) is 66.0 Å². The summed E-state index contributed by atoms with van der Waals surface area (Å²) in [6.45, 7) is 0. The van der Waals surface area contributed by atoms with E-state index in [0.717, 1.165) is 6.42 Å². The average Bonchev–Trinajstić information content (AvgIpc) is 2.55. The van der Waals surface area contributed by atoms with E-state index in [1.165, 1.54) is 22.3 Å². The predicted octanol–water partition coefficient (Wildman–Crippen LogP) is 4.54. The van der Waals surface area contributed by atoms with Gasteiger partial charge in [-0.15, -0.1) is 0 Å². The molecule has 0 aliphatic heterocycles. The van der Waals surface area contributed by atoms with Gasteiger partial charge < -0.3 is 0 Å². The van der Waals surface area contributed by atoms with Gasteiger partial charge >= 0.3 is 0 Å². The highest BCUT2D eigenvalue weighted by molar-refractivity contribution is 5.68. The number of benzene rings is 2. The van der Waals surface area contributed by atoms with E-state index in [1.807, 2.05) is 18.3 Å². The maximum absolute atomic E-state index is 4.16.